The molecular weight excluding hydrogens is 242 g/mol. The Kier molecular flexibility index (Phi) is 3.30. The third-order valence-electron chi connectivity index (χ3n) is 2.08. The van der Waals surface area contributed by atoms with Gasteiger partial charge in [0.15, 0.2) is 11.5 Å². The molecule has 0 fully saturated rings. The summed E-state index contributed by atoms with van der Waals surface area (Å²) in [6, 6.07) is 6.53. The molecule has 0 atom stereocenters. The van der Waals surface area contributed by atoms with Crippen molar-refractivity contribution in [1.29, 1.82) is 0 Å². The van der Waals surface area contributed by atoms with E-state index in [1.165, 1.54) is 19.5 Å². The van der Waals surface area contributed by atoms with Crippen LogP contribution in [0.4, 0.5) is 11.5 Å². The van der Waals surface area contributed by atoms with Crippen LogP contribution < -0.4 is 10.1 Å². The van der Waals surface area contributed by atoms with Gasteiger partial charge in [-0.1, -0.05) is 11.6 Å². The van der Waals surface area contributed by atoms with E-state index in [1.807, 2.05) is 0 Å². The van der Waals surface area contributed by atoms with Gasteiger partial charge in [0.25, 0.3) is 0 Å². The van der Waals surface area contributed by atoms with Crippen molar-refractivity contribution in [2.75, 3.05) is 12.4 Å². The van der Waals surface area contributed by atoms with Gasteiger partial charge in [0.1, 0.15) is 17.3 Å². The maximum atomic E-state index is 9.60. The molecule has 2 N–H and O–H groups in total. The SMILES string of the molecule is COc1ccc(Nc2cc(Cl)ncn2)cc1O. The maximum Gasteiger partial charge on any atom is 0.160 e. The molecule has 6 heteroatoms. The predicted octanol–water partition coefficient (Wildman–Crippen LogP) is 2.59. The third-order valence-corrected chi connectivity index (χ3v) is 2.29. The largest absolute Gasteiger partial charge is 0.504 e. The normalized spacial score (nSPS) is 10.0. The Morgan fingerprint density at radius 3 is 2.76 bits per heavy atom. The van der Waals surface area contributed by atoms with Crippen molar-refractivity contribution in [2.24, 2.45) is 0 Å². The van der Waals surface area contributed by atoms with Crippen LogP contribution in [-0.4, -0.2) is 22.2 Å². The van der Waals surface area contributed by atoms with Gasteiger partial charge in [-0.15, -0.1) is 0 Å². The Balaban J connectivity index is 2.22. The summed E-state index contributed by atoms with van der Waals surface area (Å²) in [5.74, 6) is 1.02. The number of aromatic hydroxyl groups is 1. The average molecular weight is 252 g/mol. The number of aromatic nitrogens is 2. The van der Waals surface area contributed by atoms with E-state index < -0.39 is 0 Å². The number of nitrogens with one attached hydrogen (secondary N) is 1. The molecule has 0 amide bonds. The van der Waals surface area contributed by atoms with Gasteiger partial charge in [-0.25, -0.2) is 9.97 Å². The number of hydrogen-bond acceptors (Lipinski definition) is 5. The smallest absolute Gasteiger partial charge is 0.160 e. The van der Waals surface area contributed by atoms with E-state index in [2.05, 4.69) is 15.3 Å². The Morgan fingerprint density at radius 2 is 2.12 bits per heavy atom. The van der Waals surface area contributed by atoms with Crippen molar-refractivity contribution in [2.45, 2.75) is 0 Å². The van der Waals surface area contributed by atoms with Gasteiger partial charge < -0.3 is 15.2 Å². The number of methoxy groups -OCH3 is 1. The average Bonchev–Trinajstić information content (AvgIpc) is 2.29. The van der Waals surface area contributed by atoms with E-state index in [9.17, 15) is 5.11 Å². The summed E-state index contributed by atoms with van der Waals surface area (Å²) in [5.41, 5.74) is 0.679. The van der Waals surface area contributed by atoms with Crippen LogP contribution in [0.25, 0.3) is 0 Å². The molecule has 0 aliphatic rings. The number of ether oxygens (including phenoxy) is 1. The van der Waals surface area contributed by atoms with E-state index in [0.717, 1.165) is 0 Å². The molecule has 5 nitrogen and oxygen atoms in total. The monoisotopic (exact) mass is 251 g/mol. The fourth-order valence-electron chi connectivity index (χ4n) is 1.32. The van der Waals surface area contributed by atoms with Crippen LogP contribution in [0.5, 0.6) is 11.5 Å². The van der Waals surface area contributed by atoms with Gasteiger partial charge >= 0.3 is 0 Å². The standard InChI is InChI=1S/C11H10ClN3O2/c1-17-9-3-2-7(4-8(9)16)15-11-5-10(12)13-6-14-11/h2-6,16H,1H3,(H,13,14,15). The van der Waals surface area contributed by atoms with Gasteiger partial charge in [0.05, 0.1) is 7.11 Å². The van der Waals surface area contributed by atoms with E-state index >= 15 is 0 Å². The lowest BCUT2D eigenvalue weighted by Crippen LogP contribution is -1.94. The first-order valence-corrected chi connectivity index (χ1v) is 5.18. The quantitative estimate of drug-likeness (QED) is 0.821. The Morgan fingerprint density at radius 1 is 1.29 bits per heavy atom. The highest BCUT2D eigenvalue weighted by Crippen LogP contribution is 2.29. The summed E-state index contributed by atoms with van der Waals surface area (Å²) < 4.78 is 4.94. The minimum atomic E-state index is 0.0534. The highest BCUT2D eigenvalue weighted by Gasteiger charge is 2.03. The van der Waals surface area contributed by atoms with Crippen molar-refractivity contribution >= 4 is 23.1 Å². The maximum absolute atomic E-state index is 9.60. The lowest BCUT2D eigenvalue weighted by atomic mass is 10.3. The molecule has 0 aliphatic carbocycles. The molecule has 0 bridgehead atoms. The molecule has 0 unspecified atom stereocenters. The van der Waals surface area contributed by atoms with Crippen LogP contribution in [0.2, 0.25) is 5.15 Å². The van der Waals surface area contributed by atoms with Crippen molar-refractivity contribution in [3.63, 3.8) is 0 Å². The van der Waals surface area contributed by atoms with Crippen LogP contribution in [0, 0.1) is 0 Å². The summed E-state index contributed by atoms with van der Waals surface area (Å²) in [7, 11) is 1.49. The van der Waals surface area contributed by atoms with E-state index in [0.29, 0.717) is 22.4 Å². The molecular formula is C11H10ClN3O2. The zero-order valence-corrected chi connectivity index (χ0v) is 9.77. The van der Waals surface area contributed by atoms with Gasteiger partial charge in [0, 0.05) is 17.8 Å². The molecule has 88 valence electrons. The van der Waals surface area contributed by atoms with Gasteiger partial charge in [-0.2, -0.15) is 0 Å². The Hall–Kier alpha value is -2.01. The molecule has 0 radical (unpaired) electrons. The fraction of sp³-hybridized carbons (Fsp3) is 0.0909. The highest BCUT2D eigenvalue weighted by atomic mass is 35.5. The van der Waals surface area contributed by atoms with Crippen LogP contribution in [0.15, 0.2) is 30.6 Å². The fourth-order valence-corrected chi connectivity index (χ4v) is 1.46. The second-order valence-electron chi connectivity index (χ2n) is 3.24. The van der Waals surface area contributed by atoms with Crippen molar-refractivity contribution < 1.29 is 9.84 Å². The second-order valence-corrected chi connectivity index (χ2v) is 3.62. The number of hydrogen-bond donors (Lipinski definition) is 2. The molecule has 1 heterocycles. The highest BCUT2D eigenvalue weighted by molar-refractivity contribution is 6.29. The summed E-state index contributed by atoms with van der Waals surface area (Å²) in [5, 5.41) is 12.9. The number of benzene rings is 1. The molecule has 2 aromatic rings. The van der Waals surface area contributed by atoms with Crippen LogP contribution in [-0.2, 0) is 0 Å². The number of phenolic OH excluding ortho intramolecular Hbond substituents is 1. The van der Waals surface area contributed by atoms with E-state index in [-0.39, 0.29) is 5.75 Å². The third kappa shape index (κ3) is 2.76. The summed E-state index contributed by atoms with van der Waals surface area (Å²) in [6.07, 6.45) is 1.36. The molecule has 1 aromatic carbocycles. The van der Waals surface area contributed by atoms with Crippen LogP contribution in [0.3, 0.4) is 0 Å². The topological polar surface area (TPSA) is 67.3 Å². The summed E-state index contributed by atoms with van der Waals surface area (Å²) >= 11 is 5.73. The van der Waals surface area contributed by atoms with Crippen LogP contribution >= 0.6 is 11.6 Å². The first-order valence-electron chi connectivity index (χ1n) is 4.80. The number of anilines is 2. The lowest BCUT2D eigenvalue weighted by molar-refractivity contribution is 0.373. The van der Waals surface area contributed by atoms with Crippen molar-refractivity contribution in [3.05, 3.63) is 35.7 Å². The molecule has 17 heavy (non-hydrogen) atoms. The van der Waals surface area contributed by atoms with Crippen molar-refractivity contribution in [1.82, 2.24) is 9.97 Å². The number of nitrogens with zero attached hydrogens (tertiary/aromatic N) is 2. The minimum absolute atomic E-state index is 0.0534. The zero-order valence-electron chi connectivity index (χ0n) is 9.01. The lowest BCUT2D eigenvalue weighted by Gasteiger charge is -2.08. The summed E-state index contributed by atoms with van der Waals surface area (Å²) in [4.78, 5) is 7.76. The zero-order chi connectivity index (χ0) is 12.3. The Labute approximate surface area is 103 Å². The van der Waals surface area contributed by atoms with Crippen molar-refractivity contribution in [3.8, 4) is 11.5 Å². The minimum Gasteiger partial charge on any atom is -0.504 e. The molecule has 0 spiro atoms. The first-order chi connectivity index (χ1) is 8.19. The number of phenols is 1. The van der Waals surface area contributed by atoms with Crippen LogP contribution in [0.1, 0.15) is 0 Å². The summed E-state index contributed by atoms with van der Waals surface area (Å²) in [6.45, 7) is 0. The van der Waals surface area contributed by atoms with Gasteiger partial charge in [0.2, 0.25) is 0 Å². The molecule has 0 aliphatic heterocycles. The first kappa shape index (κ1) is 11.5. The predicted molar refractivity (Wildman–Crippen MR) is 65.0 cm³/mol. The van der Waals surface area contributed by atoms with E-state index in [4.69, 9.17) is 16.3 Å². The molecule has 1 aromatic heterocycles. The number of rotatable bonds is 3. The van der Waals surface area contributed by atoms with Gasteiger partial charge in [-0.05, 0) is 12.1 Å². The van der Waals surface area contributed by atoms with Gasteiger partial charge in [-0.3, -0.25) is 0 Å². The second kappa shape index (κ2) is 4.88. The Bertz CT molecular complexity index is 534. The molecule has 0 saturated heterocycles. The number of halogens is 1. The van der Waals surface area contributed by atoms with E-state index in [1.54, 1.807) is 18.2 Å². The molecule has 2 rings (SSSR count). The molecule has 0 saturated carbocycles.